The average Bonchev–Trinajstić information content (AvgIpc) is 3.92. The molecule has 352 valence electrons. The van der Waals surface area contributed by atoms with Gasteiger partial charge in [-0.2, -0.15) is 8.73 Å². The number of fused-ring (bicyclic) bond motifs is 2. The summed E-state index contributed by atoms with van der Waals surface area (Å²) in [4.78, 5) is 26.0. The Kier molecular flexibility index (Phi) is 17.2. The molecule has 0 saturated carbocycles. The fourth-order valence-corrected chi connectivity index (χ4v) is 10.2. The summed E-state index contributed by atoms with van der Waals surface area (Å²) >= 11 is 0. The van der Waals surface area contributed by atoms with Gasteiger partial charge in [-0.1, -0.05) is 25.1 Å². The van der Waals surface area contributed by atoms with E-state index in [4.69, 9.17) is 19.4 Å². The van der Waals surface area contributed by atoms with Crippen LogP contribution >= 0.6 is 0 Å². The second kappa shape index (κ2) is 21.7. The Bertz CT molecular complexity index is 3220. The van der Waals surface area contributed by atoms with Crippen LogP contribution < -0.4 is 39.4 Å². The van der Waals surface area contributed by atoms with Crippen LogP contribution in [-0.2, 0) is 39.0 Å². The van der Waals surface area contributed by atoms with Crippen molar-refractivity contribution >= 4 is 74.6 Å². The van der Waals surface area contributed by atoms with E-state index in [2.05, 4.69) is 53.4 Å². The van der Waals surface area contributed by atoms with Gasteiger partial charge in [0.25, 0.3) is 10.0 Å². The third-order valence-electron chi connectivity index (χ3n) is 10.8. The number of nitrogens with one attached hydrogen (secondary N) is 1. The van der Waals surface area contributed by atoms with Crippen LogP contribution in [0, 0.1) is 6.92 Å². The first kappa shape index (κ1) is 53.2. The molecule has 8 heterocycles. The zero-order valence-corrected chi connectivity index (χ0v) is 42.7. The van der Waals surface area contributed by atoms with Crippen molar-refractivity contribution in [2.45, 2.75) is 45.2 Å². The standard InChI is InChI=1S/C26H29N5O4S2.C19H23N5O2S.CH4.Na.H2O/c1-18-5-7-21(8-6-18)37(33,34)31-12-10-23-22(9-11-27-26(23)31)24-15-20(30-13-14-35-17-19(30)2)16-25(28-24)29-36(3,4)32;1-13-12-26-9-8-24(13)14-10-17(22-18(11-14)23-27(2,3)25)15-4-6-20-19-16(15)5-7-21-19;;;/h5-12,15-16,19H,13-14,17H2,1-4H3;4-7,10-11,13H,8-9,12H2,1-3H3,(H,20,21);1H4;;1H2/q;;;+1;/p-1/t19-;13-;;;/m11.../s1. The minimum atomic E-state index is -3.85. The third kappa shape index (κ3) is 12.3. The molecular weight excluding hydrogens is 924 g/mol. The Balaban J connectivity index is 0.000000250. The van der Waals surface area contributed by atoms with Crippen molar-refractivity contribution < 1.29 is 61.3 Å². The van der Waals surface area contributed by atoms with Crippen molar-refractivity contribution in [2.24, 2.45) is 8.73 Å². The Labute approximate surface area is 415 Å². The molecule has 17 nitrogen and oxygen atoms in total. The molecule has 21 heteroatoms. The number of hydrogen-bond acceptors (Lipinski definition) is 15. The zero-order valence-electron chi connectivity index (χ0n) is 38.3. The van der Waals surface area contributed by atoms with Gasteiger partial charge in [-0.25, -0.2) is 40.7 Å². The van der Waals surface area contributed by atoms with E-state index in [0.29, 0.717) is 66.9 Å². The van der Waals surface area contributed by atoms with Crippen molar-refractivity contribution in [2.75, 3.05) is 74.3 Å². The van der Waals surface area contributed by atoms with Crippen molar-refractivity contribution in [3.05, 3.63) is 103 Å². The first-order chi connectivity index (χ1) is 30.4. The van der Waals surface area contributed by atoms with E-state index in [9.17, 15) is 16.8 Å². The number of benzene rings is 1. The maximum absolute atomic E-state index is 13.4. The van der Waals surface area contributed by atoms with Crippen LogP contribution in [0.4, 0.5) is 23.0 Å². The second-order valence-corrected chi connectivity index (χ2v) is 23.4. The summed E-state index contributed by atoms with van der Waals surface area (Å²) in [5.41, 5.74) is 7.06. The van der Waals surface area contributed by atoms with E-state index < -0.39 is 29.5 Å². The van der Waals surface area contributed by atoms with Crippen LogP contribution in [0.25, 0.3) is 44.6 Å². The number of anilines is 2. The number of pyridine rings is 4. The van der Waals surface area contributed by atoms with E-state index in [1.54, 1.807) is 73.8 Å². The van der Waals surface area contributed by atoms with Crippen LogP contribution in [0.15, 0.2) is 111 Å². The molecule has 0 unspecified atom stereocenters. The number of ether oxygens (including phenoxy) is 2. The Morgan fingerprint density at radius 1 is 0.687 bits per heavy atom. The molecule has 2 atom stereocenters. The second-order valence-electron chi connectivity index (χ2n) is 16.5. The third-order valence-corrected chi connectivity index (χ3v) is 13.7. The molecule has 0 spiro atoms. The first-order valence-electron chi connectivity index (χ1n) is 20.7. The molecule has 2 aliphatic rings. The fraction of sp³-hybridized carbons (Fsp3) is 0.348. The van der Waals surface area contributed by atoms with Gasteiger partial charge in [-0.05, 0) is 69.3 Å². The number of morpholine rings is 2. The van der Waals surface area contributed by atoms with Gasteiger partial charge in [0.05, 0.1) is 42.7 Å². The van der Waals surface area contributed by atoms with Crippen LogP contribution in [0.2, 0.25) is 0 Å². The number of aryl methyl sites for hydroxylation is 1. The summed E-state index contributed by atoms with van der Waals surface area (Å²) in [7, 11) is -8.62. The van der Waals surface area contributed by atoms with Crippen molar-refractivity contribution in [3.63, 3.8) is 0 Å². The zero-order chi connectivity index (χ0) is 45.4. The summed E-state index contributed by atoms with van der Waals surface area (Å²) in [6.07, 6.45) is 13.1. The largest absolute Gasteiger partial charge is 1.00 e. The summed E-state index contributed by atoms with van der Waals surface area (Å²) in [6.45, 7) is 10.2. The Hall–Kier alpha value is -4.77. The minimum absolute atomic E-state index is 0. The van der Waals surface area contributed by atoms with E-state index in [1.807, 2.05) is 43.5 Å². The monoisotopic (exact) mass is 980 g/mol. The first-order valence-corrected chi connectivity index (χ1v) is 26.8. The van der Waals surface area contributed by atoms with Gasteiger partial charge in [0, 0.05) is 140 Å². The molecule has 2 saturated heterocycles. The molecule has 2 fully saturated rings. The summed E-state index contributed by atoms with van der Waals surface area (Å²) in [5.74, 6) is 0.842. The van der Waals surface area contributed by atoms with Crippen molar-refractivity contribution in [1.82, 2.24) is 28.9 Å². The Morgan fingerprint density at radius 2 is 1.19 bits per heavy atom. The SMILES string of the molecule is C.C[C@@H]1COCCN1c1cc(N=S(C)(C)=O)nc(-c2ccnc3[nH]ccc23)c1.Cc1ccc(S(=O)(=O)n2ccc3c(-c4cc(N5CCOC[C@H]5C)cc(N=S(C)(C)=O)n4)ccnc32)cc1.[Na+].[OH-]. The van der Waals surface area contributed by atoms with Crippen LogP contribution in [0.1, 0.15) is 26.8 Å². The average molecular weight is 981 g/mol. The number of aromatic amines is 1. The molecular formula is C46H57N10NaO7S3. The van der Waals surface area contributed by atoms with Gasteiger partial charge in [-0.15, -0.1) is 0 Å². The molecule has 0 bridgehead atoms. The van der Waals surface area contributed by atoms with Gasteiger partial charge in [0.2, 0.25) is 0 Å². The molecule has 2 N–H and O–H groups in total. The number of H-pyrrole nitrogens is 1. The van der Waals surface area contributed by atoms with Gasteiger partial charge < -0.3 is 29.7 Å². The smallest absolute Gasteiger partial charge is 0.870 e. The molecule has 0 amide bonds. The molecule has 0 radical (unpaired) electrons. The predicted molar refractivity (Wildman–Crippen MR) is 264 cm³/mol. The molecule has 6 aromatic heterocycles. The van der Waals surface area contributed by atoms with Gasteiger partial charge >= 0.3 is 29.6 Å². The number of rotatable bonds is 8. The number of nitrogens with zero attached hydrogens (tertiary/aromatic N) is 9. The topological polar surface area (TPSA) is 220 Å². The normalized spacial score (nSPS) is 16.5. The van der Waals surface area contributed by atoms with E-state index in [1.165, 1.54) is 10.2 Å². The predicted octanol–water partition coefficient (Wildman–Crippen LogP) is 4.90. The molecule has 0 aliphatic carbocycles. The fourth-order valence-electron chi connectivity index (χ4n) is 7.82. The van der Waals surface area contributed by atoms with Gasteiger partial charge in [0.1, 0.15) is 5.65 Å². The van der Waals surface area contributed by atoms with E-state index in [-0.39, 0.29) is 59.4 Å². The van der Waals surface area contributed by atoms with Crippen LogP contribution in [0.3, 0.4) is 0 Å². The maximum Gasteiger partial charge on any atom is 1.00 e. The molecule has 1 aromatic carbocycles. The summed E-state index contributed by atoms with van der Waals surface area (Å²) in [6, 6.07) is 22.4. The molecule has 2 aliphatic heterocycles. The minimum Gasteiger partial charge on any atom is -0.870 e. The number of hydrogen-bond donors (Lipinski definition) is 1. The summed E-state index contributed by atoms with van der Waals surface area (Å²) < 4.78 is 72.7. The van der Waals surface area contributed by atoms with Gasteiger partial charge in [0.15, 0.2) is 17.3 Å². The molecule has 7 aromatic rings. The van der Waals surface area contributed by atoms with Crippen LogP contribution in [0.5, 0.6) is 0 Å². The van der Waals surface area contributed by atoms with E-state index in [0.717, 1.165) is 45.8 Å². The molecule has 67 heavy (non-hydrogen) atoms. The van der Waals surface area contributed by atoms with Gasteiger partial charge in [-0.3, -0.25) is 0 Å². The Morgan fingerprint density at radius 3 is 1.70 bits per heavy atom. The maximum atomic E-state index is 13.4. The van der Waals surface area contributed by atoms with Crippen molar-refractivity contribution in [3.8, 4) is 22.5 Å². The quantitative estimate of drug-likeness (QED) is 0.201. The van der Waals surface area contributed by atoms with Crippen molar-refractivity contribution in [1.29, 1.82) is 0 Å². The summed E-state index contributed by atoms with van der Waals surface area (Å²) in [5, 5.41) is 1.63. The number of aromatic nitrogens is 6. The van der Waals surface area contributed by atoms with E-state index >= 15 is 0 Å². The van der Waals surface area contributed by atoms with Crippen LogP contribution in [-0.4, -0.2) is 128 Å². The molecule has 9 rings (SSSR count).